The molecule has 2 unspecified atom stereocenters. The molecular formula is C31H46BrFO3Si. The van der Waals surface area contributed by atoms with Gasteiger partial charge in [-0.15, -0.1) is 0 Å². The van der Waals surface area contributed by atoms with Crippen molar-refractivity contribution in [1.29, 1.82) is 0 Å². The van der Waals surface area contributed by atoms with Crippen LogP contribution >= 0.6 is 15.9 Å². The molecule has 0 N–H and O–H groups in total. The second-order valence-electron chi connectivity index (χ2n) is 12.3. The molecule has 1 aromatic rings. The third-order valence-corrected chi connectivity index (χ3v) is 13.6. The van der Waals surface area contributed by atoms with E-state index in [0.29, 0.717) is 12.3 Å². The number of carbonyl (C=O) groups excluding carboxylic acids is 1. The Morgan fingerprint density at radius 3 is 2.41 bits per heavy atom. The molecule has 5 atom stereocenters. The van der Waals surface area contributed by atoms with E-state index in [-0.39, 0.29) is 35.4 Å². The van der Waals surface area contributed by atoms with Crippen molar-refractivity contribution in [3.8, 4) is 0 Å². The van der Waals surface area contributed by atoms with Crippen molar-refractivity contribution in [2.24, 2.45) is 17.8 Å². The van der Waals surface area contributed by atoms with E-state index < -0.39 is 20.6 Å². The number of hydrogen-bond acceptors (Lipinski definition) is 3. The van der Waals surface area contributed by atoms with Gasteiger partial charge in [0.05, 0.1) is 6.10 Å². The van der Waals surface area contributed by atoms with Crippen LogP contribution in [0.3, 0.4) is 0 Å². The minimum absolute atomic E-state index is 0.0651. The Balaban J connectivity index is 1.84. The maximum Gasteiger partial charge on any atom is 0.302 e. The first-order valence-corrected chi connectivity index (χ1v) is 17.9. The van der Waals surface area contributed by atoms with Crippen LogP contribution in [0.2, 0.25) is 18.1 Å². The summed E-state index contributed by atoms with van der Waals surface area (Å²) in [6.45, 7) is 12.8. The van der Waals surface area contributed by atoms with E-state index >= 15 is 4.39 Å². The number of fused-ring (bicyclic) bond motifs is 1. The van der Waals surface area contributed by atoms with Gasteiger partial charge in [0.2, 0.25) is 0 Å². The fraction of sp³-hybridized carbons (Fsp3) is 0.645. The lowest BCUT2D eigenvalue weighted by Gasteiger charge is -2.40. The highest BCUT2D eigenvalue weighted by Crippen LogP contribution is 2.42. The molecule has 3 rings (SSSR count). The summed E-state index contributed by atoms with van der Waals surface area (Å²) in [5.41, 5.74) is 2.80. The number of benzene rings is 1. The molecule has 0 saturated heterocycles. The van der Waals surface area contributed by atoms with E-state index in [2.05, 4.69) is 98.4 Å². The number of allylic oxidation sites excluding steroid dienone is 3. The molecule has 0 aromatic heterocycles. The van der Waals surface area contributed by atoms with Crippen molar-refractivity contribution in [3.63, 3.8) is 0 Å². The van der Waals surface area contributed by atoms with Crippen LogP contribution in [0.1, 0.15) is 64.5 Å². The quantitative estimate of drug-likeness (QED) is 0.0850. The highest BCUT2D eigenvalue weighted by Gasteiger charge is 2.45. The minimum Gasteiger partial charge on any atom is -0.462 e. The monoisotopic (exact) mass is 592 g/mol. The standard InChI is InChI=1S/C31H46BrFO3Si/c1-22(34)35-30-21-28(33)26(27(30)15-9-7-8-12-18-32)16-17-29(36-37(5,6)31(2,3)4)25-19-23-13-10-11-14-24(23)20-25/h7,9-11,13-14,16-17,25-30H,8,12,15,18-21H2,1-6H3/b9-7-,17-16+/t26?,27-,28+,29?,30+/m1/s1. The van der Waals surface area contributed by atoms with Gasteiger partial charge in [-0.1, -0.05) is 85.3 Å². The van der Waals surface area contributed by atoms with Gasteiger partial charge >= 0.3 is 5.97 Å². The number of halogens is 2. The number of rotatable bonds is 11. The van der Waals surface area contributed by atoms with Gasteiger partial charge in [-0.3, -0.25) is 4.79 Å². The second-order valence-corrected chi connectivity index (χ2v) is 17.9. The van der Waals surface area contributed by atoms with Crippen LogP contribution < -0.4 is 0 Å². The van der Waals surface area contributed by atoms with Crippen molar-refractivity contribution in [1.82, 2.24) is 0 Å². The molecule has 206 valence electrons. The first-order chi connectivity index (χ1) is 17.4. The van der Waals surface area contributed by atoms with E-state index in [1.807, 2.05) is 0 Å². The molecule has 1 aromatic carbocycles. The normalized spacial score (nSPS) is 25.7. The minimum atomic E-state index is -2.05. The zero-order valence-electron chi connectivity index (χ0n) is 23.5. The molecule has 2 aliphatic carbocycles. The zero-order valence-corrected chi connectivity index (χ0v) is 26.1. The van der Waals surface area contributed by atoms with Gasteiger partial charge in [-0.25, -0.2) is 4.39 Å². The summed E-state index contributed by atoms with van der Waals surface area (Å²) >= 11 is 3.47. The molecule has 0 radical (unpaired) electrons. The second kappa shape index (κ2) is 13.2. The van der Waals surface area contributed by atoms with E-state index in [9.17, 15) is 4.79 Å². The van der Waals surface area contributed by atoms with Gasteiger partial charge < -0.3 is 9.16 Å². The number of esters is 1. The molecule has 3 nitrogen and oxygen atoms in total. The predicted molar refractivity (Wildman–Crippen MR) is 157 cm³/mol. The summed E-state index contributed by atoms with van der Waals surface area (Å²) in [6, 6.07) is 8.66. The number of carbonyl (C=O) groups is 1. The van der Waals surface area contributed by atoms with Crippen LogP contribution in [0.25, 0.3) is 0 Å². The summed E-state index contributed by atoms with van der Waals surface area (Å²) in [5, 5.41) is 1.05. The predicted octanol–water partition coefficient (Wildman–Crippen LogP) is 8.38. The Labute approximate surface area is 233 Å². The first-order valence-electron chi connectivity index (χ1n) is 13.9. The third kappa shape index (κ3) is 8.12. The summed E-state index contributed by atoms with van der Waals surface area (Å²) < 4.78 is 28.0. The van der Waals surface area contributed by atoms with E-state index in [1.165, 1.54) is 18.1 Å². The Hall–Kier alpha value is -1.24. The van der Waals surface area contributed by atoms with Gasteiger partial charge in [-0.2, -0.15) is 0 Å². The van der Waals surface area contributed by atoms with E-state index in [4.69, 9.17) is 9.16 Å². The van der Waals surface area contributed by atoms with Crippen LogP contribution in [0.5, 0.6) is 0 Å². The fourth-order valence-corrected chi connectivity index (χ4v) is 7.06. The highest BCUT2D eigenvalue weighted by atomic mass is 79.9. The van der Waals surface area contributed by atoms with E-state index in [0.717, 1.165) is 31.0 Å². The van der Waals surface area contributed by atoms with Gasteiger partial charge in [0.1, 0.15) is 12.3 Å². The van der Waals surface area contributed by atoms with Gasteiger partial charge in [0.25, 0.3) is 0 Å². The Bertz CT molecular complexity index is 929. The average Bonchev–Trinajstić information content (AvgIpc) is 3.36. The number of unbranched alkanes of at least 4 members (excludes halogenated alkanes) is 1. The van der Waals surface area contributed by atoms with Crippen LogP contribution in [-0.2, 0) is 26.8 Å². The van der Waals surface area contributed by atoms with Gasteiger partial charge in [-0.05, 0) is 67.3 Å². The molecule has 2 aliphatic rings. The molecular weight excluding hydrogens is 547 g/mol. The van der Waals surface area contributed by atoms with Gasteiger partial charge in [0, 0.05) is 30.5 Å². The van der Waals surface area contributed by atoms with Crippen molar-refractivity contribution in [2.45, 2.75) is 103 Å². The summed E-state index contributed by atoms with van der Waals surface area (Å²) in [7, 11) is -2.05. The lowest BCUT2D eigenvalue weighted by molar-refractivity contribution is -0.148. The van der Waals surface area contributed by atoms with Gasteiger partial charge in [0.15, 0.2) is 8.32 Å². The fourth-order valence-electron chi connectivity index (χ4n) is 5.43. The van der Waals surface area contributed by atoms with Crippen LogP contribution in [-0.4, -0.2) is 38.0 Å². The van der Waals surface area contributed by atoms with Crippen molar-refractivity contribution < 1.29 is 18.3 Å². The van der Waals surface area contributed by atoms with Crippen molar-refractivity contribution in [2.75, 3.05) is 5.33 Å². The molecule has 1 fully saturated rings. The largest absolute Gasteiger partial charge is 0.462 e. The SMILES string of the molecule is CC(=O)O[C@H]1C[C@H](F)C(/C=C/C(O[Si](C)(C)C(C)(C)C)C2Cc3ccccc3C2)[C@H]1C/C=C\CCCBr. The van der Waals surface area contributed by atoms with Crippen LogP contribution in [0.15, 0.2) is 48.6 Å². The Morgan fingerprint density at radius 2 is 1.84 bits per heavy atom. The van der Waals surface area contributed by atoms with E-state index in [1.54, 1.807) is 0 Å². The zero-order chi connectivity index (χ0) is 27.2. The average molecular weight is 594 g/mol. The first kappa shape index (κ1) is 30.3. The molecule has 0 heterocycles. The lowest BCUT2D eigenvalue weighted by Crippen LogP contribution is -2.45. The molecule has 37 heavy (non-hydrogen) atoms. The summed E-state index contributed by atoms with van der Waals surface area (Å²) in [5.74, 6) is -0.351. The van der Waals surface area contributed by atoms with Crippen LogP contribution in [0.4, 0.5) is 4.39 Å². The lowest BCUT2D eigenvalue weighted by atomic mass is 9.89. The topological polar surface area (TPSA) is 35.5 Å². The Kier molecular flexibility index (Phi) is 10.8. The summed E-state index contributed by atoms with van der Waals surface area (Å²) in [6.07, 6.45) is 12.0. The maximum absolute atomic E-state index is 15.4. The van der Waals surface area contributed by atoms with Crippen molar-refractivity contribution >= 4 is 30.2 Å². The maximum atomic E-state index is 15.4. The number of ether oxygens (including phenoxy) is 1. The Morgan fingerprint density at radius 1 is 1.19 bits per heavy atom. The number of hydrogen-bond donors (Lipinski definition) is 0. The smallest absolute Gasteiger partial charge is 0.302 e. The molecule has 0 amide bonds. The summed E-state index contributed by atoms with van der Waals surface area (Å²) in [4.78, 5) is 11.8. The molecule has 0 aliphatic heterocycles. The number of alkyl halides is 2. The molecule has 1 saturated carbocycles. The molecule has 0 spiro atoms. The molecule has 6 heteroatoms. The highest BCUT2D eigenvalue weighted by molar-refractivity contribution is 9.09. The van der Waals surface area contributed by atoms with Crippen molar-refractivity contribution in [3.05, 3.63) is 59.7 Å². The molecule has 0 bridgehead atoms. The van der Waals surface area contributed by atoms with Crippen LogP contribution in [0, 0.1) is 17.8 Å². The third-order valence-electron chi connectivity index (χ3n) is 8.55.